The van der Waals surface area contributed by atoms with Gasteiger partial charge in [-0.1, -0.05) is 60.7 Å². The minimum atomic E-state index is -0.125. The summed E-state index contributed by atoms with van der Waals surface area (Å²) >= 11 is 0. The van der Waals surface area contributed by atoms with Gasteiger partial charge in [-0.15, -0.1) is 0 Å². The van der Waals surface area contributed by atoms with Crippen molar-refractivity contribution in [1.82, 2.24) is 0 Å². The highest BCUT2D eigenvalue weighted by Crippen LogP contribution is 2.17. The molecule has 1 N–H and O–H groups in total. The number of nitrogens with zero attached hydrogens (tertiary/aromatic N) is 1. The van der Waals surface area contributed by atoms with E-state index in [4.69, 9.17) is 5.26 Å². The molecule has 3 rings (SSSR count). The largest absolute Gasteiger partial charge is 0.322 e. The van der Waals surface area contributed by atoms with Crippen molar-refractivity contribution in [3.8, 4) is 6.07 Å². The Bertz CT molecular complexity index is 893. The summed E-state index contributed by atoms with van der Waals surface area (Å²) in [5.74, 6) is -0.125. The number of amides is 1. The lowest BCUT2D eigenvalue weighted by Gasteiger charge is -2.11. The first-order valence-corrected chi connectivity index (χ1v) is 8.15. The maximum atomic E-state index is 12.7. The molecule has 0 aliphatic carbocycles. The Morgan fingerprint density at radius 1 is 0.840 bits per heavy atom. The summed E-state index contributed by atoms with van der Waals surface area (Å²) in [6.07, 6.45) is 1.08. The summed E-state index contributed by atoms with van der Waals surface area (Å²) < 4.78 is 0. The molecule has 25 heavy (non-hydrogen) atoms. The van der Waals surface area contributed by atoms with Crippen molar-refractivity contribution >= 4 is 11.6 Å². The number of carbonyl (C=O) groups excluding carboxylic acids is 1. The fraction of sp³-hybridized carbons (Fsp3) is 0.0909. The summed E-state index contributed by atoms with van der Waals surface area (Å²) in [4.78, 5) is 12.7. The van der Waals surface area contributed by atoms with Crippen LogP contribution in [0, 0.1) is 11.3 Å². The molecular weight excluding hydrogens is 308 g/mol. The molecule has 3 aromatic rings. The number of anilines is 1. The van der Waals surface area contributed by atoms with Gasteiger partial charge in [0.1, 0.15) is 0 Å². The lowest BCUT2D eigenvalue weighted by molar-refractivity contribution is 0.102. The molecule has 0 aliphatic heterocycles. The highest BCUT2D eigenvalue weighted by atomic mass is 16.1. The van der Waals surface area contributed by atoms with Crippen LogP contribution >= 0.6 is 0 Å². The van der Waals surface area contributed by atoms with E-state index in [-0.39, 0.29) is 5.91 Å². The quantitative estimate of drug-likeness (QED) is 0.745. The van der Waals surface area contributed by atoms with E-state index in [1.54, 1.807) is 0 Å². The maximum Gasteiger partial charge on any atom is 0.255 e. The van der Waals surface area contributed by atoms with Gasteiger partial charge in [-0.25, -0.2) is 0 Å². The SMILES string of the molecule is N#CCc1ccc(NC(=O)c2ccccc2Cc2ccccc2)cc1. The predicted molar refractivity (Wildman–Crippen MR) is 99.4 cm³/mol. The van der Waals surface area contributed by atoms with Gasteiger partial charge in [0, 0.05) is 11.3 Å². The average molecular weight is 326 g/mol. The van der Waals surface area contributed by atoms with E-state index in [0.717, 1.165) is 16.8 Å². The van der Waals surface area contributed by atoms with Crippen molar-refractivity contribution in [1.29, 1.82) is 5.26 Å². The van der Waals surface area contributed by atoms with Crippen LogP contribution < -0.4 is 5.32 Å². The Labute approximate surface area is 147 Å². The molecule has 0 fully saturated rings. The Hall–Kier alpha value is -3.38. The van der Waals surface area contributed by atoms with Gasteiger partial charge in [-0.05, 0) is 41.3 Å². The second-order valence-corrected chi connectivity index (χ2v) is 5.81. The van der Waals surface area contributed by atoms with Gasteiger partial charge in [-0.2, -0.15) is 5.26 Å². The molecule has 0 bridgehead atoms. The number of hydrogen-bond donors (Lipinski definition) is 1. The predicted octanol–water partition coefficient (Wildman–Crippen LogP) is 4.60. The second-order valence-electron chi connectivity index (χ2n) is 5.81. The van der Waals surface area contributed by atoms with Crippen molar-refractivity contribution in [3.63, 3.8) is 0 Å². The zero-order valence-corrected chi connectivity index (χ0v) is 13.8. The molecule has 0 aliphatic rings. The lowest BCUT2D eigenvalue weighted by Crippen LogP contribution is -2.14. The normalized spacial score (nSPS) is 10.0. The molecule has 3 aromatic carbocycles. The fourth-order valence-electron chi connectivity index (χ4n) is 2.71. The van der Waals surface area contributed by atoms with Gasteiger partial charge in [0.15, 0.2) is 0 Å². The summed E-state index contributed by atoms with van der Waals surface area (Å²) in [5.41, 5.74) is 4.49. The molecule has 122 valence electrons. The monoisotopic (exact) mass is 326 g/mol. The number of nitrogens with one attached hydrogen (secondary N) is 1. The van der Waals surface area contributed by atoms with Crippen LogP contribution in [0.3, 0.4) is 0 Å². The number of nitriles is 1. The first-order chi connectivity index (χ1) is 12.3. The molecule has 0 saturated heterocycles. The highest BCUT2D eigenvalue weighted by Gasteiger charge is 2.11. The van der Waals surface area contributed by atoms with Crippen molar-refractivity contribution in [2.45, 2.75) is 12.8 Å². The van der Waals surface area contributed by atoms with E-state index in [0.29, 0.717) is 18.4 Å². The lowest BCUT2D eigenvalue weighted by atomic mass is 9.99. The van der Waals surface area contributed by atoms with Gasteiger partial charge in [0.25, 0.3) is 5.91 Å². The molecule has 3 nitrogen and oxygen atoms in total. The standard InChI is InChI=1S/C22H18N2O/c23-15-14-17-10-12-20(13-11-17)24-22(25)21-9-5-4-8-19(21)16-18-6-2-1-3-7-18/h1-13H,14,16H2,(H,24,25). The van der Waals surface area contributed by atoms with Crippen LogP contribution in [0.1, 0.15) is 27.0 Å². The molecular formula is C22H18N2O. The molecule has 1 amide bonds. The van der Waals surface area contributed by atoms with Crippen molar-refractivity contribution in [2.24, 2.45) is 0 Å². The summed E-state index contributed by atoms with van der Waals surface area (Å²) in [6, 6.07) is 27.2. The van der Waals surface area contributed by atoms with E-state index in [1.807, 2.05) is 66.7 Å². The van der Waals surface area contributed by atoms with Crippen LogP contribution in [0.15, 0.2) is 78.9 Å². The van der Waals surface area contributed by atoms with Crippen molar-refractivity contribution < 1.29 is 4.79 Å². The summed E-state index contributed by atoms with van der Waals surface area (Å²) in [5, 5.41) is 11.6. The van der Waals surface area contributed by atoms with Crippen LogP contribution in [-0.2, 0) is 12.8 Å². The number of carbonyl (C=O) groups is 1. The third kappa shape index (κ3) is 4.33. The molecule has 3 heteroatoms. The van der Waals surface area contributed by atoms with Gasteiger partial charge in [-0.3, -0.25) is 4.79 Å². The third-order valence-electron chi connectivity index (χ3n) is 3.99. The Balaban J connectivity index is 1.77. The highest BCUT2D eigenvalue weighted by molar-refractivity contribution is 6.05. The van der Waals surface area contributed by atoms with Gasteiger partial charge in [0.2, 0.25) is 0 Å². The number of benzene rings is 3. The minimum absolute atomic E-state index is 0.125. The van der Waals surface area contributed by atoms with Crippen LogP contribution in [0.25, 0.3) is 0 Å². The molecule has 0 heterocycles. The van der Waals surface area contributed by atoms with Crippen LogP contribution in [-0.4, -0.2) is 5.91 Å². The van der Waals surface area contributed by atoms with Crippen LogP contribution in [0.4, 0.5) is 5.69 Å². The summed E-state index contributed by atoms with van der Waals surface area (Å²) in [6.45, 7) is 0. The Morgan fingerprint density at radius 3 is 2.24 bits per heavy atom. The summed E-state index contributed by atoms with van der Waals surface area (Å²) in [7, 11) is 0. The molecule has 0 spiro atoms. The molecule has 0 unspecified atom stereocenters. The van der Waals surface area contributed by atoms with Gasteiger partial charge < -0.3 is 5.32 Å². The zero-order chi connectivity index (χ0) is 17.5. The van der Waals surface area contributed by atoms with Crippen molar-refractivity contribution in [2.75, 3.05) is 5.32 Å². The molecule has 0 atom stereocenters. The number of hydrogen-bond acceptors (Lipinski definition) is 2. The minimum Gasteiger partial charge on any atom is -0.322 e. The van der Waals surface area contributed by atoms with Crippen molar-refractivity contribution in [3.05, 3.63) is 101 Å². The van der Waals surface area contributed by atoms with Crippen LogP contribution in [0.5, 0.6) is 0 Å². The van der Waals surface area contributed by atoms with Gasteiger partial charge in [0.05, 0.1) is 12.5 Å². The Morgan fingerprint density at radius 2 is 1.52 bits per heavy atom. The molecule has 0 saturated carbocycles. The zero-order valence-electron chi connectivity index (χ0n) is 13.8. The average Bonchev–Trinajstić information content (AvgIpc) is 2.65. The first-order valence-electron chi connectivity index (χ1n) is 8.15. The second kappa shape index (κ2) is 7.94. The molecule has 0 radical (unpaired) electrons. The third-order valence-corrected chi connectivity index (χ3v) is 3.99. The number of rotatable bonds is 5. The maximum absolute atomic E-state index is 12.7. The fourth-order valence-corrected chi connectivity index (χ4v) is 2.71. The van der Waals surface area contributed by atoms with E-state index >= 15 is 0 Å². The van der Waals surface area contributed by atoms with E-state index in [1.165, 1.54) is 5.56 Å². The van der Waals surface area contributed by atoms with E-state index in [2.05, 4.69) is 23.5 Å². The Kier molecular flexibility index (Phi) is 5.23. The van der Waals surface area contributed by atoms with E-state index in [9.17, 15) is 4.79 Å². The smallest absolute Gasteiger partial charge is 0.255 e. The first kappa shape index (κ1) is 16.5. The van der Waals surface area contributed by atoms with E-state index < -0.39 is 0 Å². The van der Waals surface area contributed by atoms with Crippen LogP contribution in [0.2, 0.25) is 0 Å². The van der Waals surface area contributed by atoms with Gasteiger partial charge >= 0.3 is 0 Å². The topological polar surface area (TPSA) is 52.9 Å². The molecule has 0 aromatic heterocycles.